The van der Waals surface area contributed by atoms with Crippen LogP contribution in [0, 0.1) is 17.3 Å². The van der Waals surface area contributed by atoms with Gasteiger partial charge in [0.2, 0.25) is 0 Å². The summed E-state index contributed by atoms with van der Waals surface area (Å²) in [5.74, 6) is 1.73. The lowest BCUT2D eigenvalue weighted by atomic mass is 9.66. The molecular weight excluding hydrogens is 180 g/mol. The summed E-state index contributed by atoms with van der Waals surface area (Å²) in [6, 6.07) is 0. The first-order valence-corrected chi connectivity index (χ1v) is 6.43. The third-order valence-electron chi connectivity index (χ3n) is 3.88. The lowest BCUT2D eigenvalue weighted by Crippen LogP contribution is -2.28. The summed E-state index contributed by atoms with van der Waals surface area (Å²) >= 11 is 0. The van der Waals surface area contributed by atoms with E-state index in [9.17, 15) is 0 Å². The zero-order valence-electron chi connectivity index (χ0n) is 10.4. The van der Waals surface area contributed by atoms with Crippen LogP contribution >= 0.6 is 0 Å². The van der Waals surface area contributed by atoms with Gasteiger partial charge in [-0.15, -0.1) is 0 Å². The number of allylic oxidation sites excluding steroid dienone is 4. The molecule has 2 rings (SSSR count). The minimum absolute atomic E-state index is 0.550. The van der Waals surface area contributed by atoms with Crippen LogP contribution in [0.5, 0.6) is 0 Å². The number of hydrogen-bond donors (Lipinski definition) is 0. The van der Waals surface area contributed by atoms with E-state index in [1.54, 1.807) is 5.57 Å². The van der Waals surface area contributed by atoms with Crippen LogP contribution in [0.3, 0.4) is 0 Å². The molecule has 2 aliphatic carbocycles. The molecule has 0 heterocycles. The second-order valence-corrected chi connectivity index (χ2v) is 6.29. The van der Waals surface area contributed by atoms with Crippen LogP contribution in [0.25, 0.3) is 0 Å². The van der Waals surface area contributed by atoms with E-state index in [4.69, 9.17) is 0 Å². The normalized spacial score (nSPS) is 35.0. The maximum absolute atomic E-state index is 2.47. The molecule has 15 heavy (non-hydrogen) atoms. The average Bonchev–Trinajstić information content (AvgIpc) is 2.16. The molecule has 0 radical (unpaired) electrons. The van der Waals surface area contributed by atoms with Crippen LogP contribution in [0.1, 0.15) is 52.9 Å². The maximum atomic E-state index is 2.47. The fraction of sp³-hybridized carbons (Fsp3) is 0.733. The molecule has 0 spiro atoms. The molecule has 0 heteroatoms. The fourth-order valence-corrected chi connectivity index (χ4v) is 3.54. The van der Waals surface area contributed by atoms with Gasteiger partial charge in [0.1, 0.15) is 0 Å². The summed E-state index contributed by atoms with van der Waals surface area (Å²) in [5.41, 5.74) is 2.18. The van der Waals surface area contributed by atoms with Crippen LogP contribution in [-0.4, -0.2) is 0 Å². The molecular formula is C15H24. The van der Waals surface area contributed by atoms with Crippen molar-refractivity contribution in [2.24, 2.45) is 17.3 Å². The van der Waals surface area contributed by atoms with Crippen molar-refractivity contribution in [2.75, 3.05) is 0 Å². The molecule has 0 aromatic heterocycles. The van der Waals surface area contributed by atoms with Crippen molar-refractivity contribution in [1.29, 1.82) is 0 Å². The van der Waals surface area contributed by atoms with Crippen molar-refractivity contribution in [2.45, 2.75) is 52.9 Å². The quantitative estimate of drug-likeness (QED) is 0.579. The molecule has 0 aromatic rings. The highest BCUT2D eigenvalue weighted by atomic mass is 14.4. The molecule has 2 aliphatic rings. The third kappa shape index (κ3) is 2.74. The molecule has 84 valence electrons. The van der Waals surface area contributed by atoms with E-state index in [1.807, 2.05) is 0 Å². The van der Waals surface area contributed by atoms with Gasteiger partial charge in [-0.3, -0.25) is 0 Å². The van der Waals surface area contributed by atoms with Gasteiger partial charge in [-0.1, -0.05) is 39.0 Å². The highest BCUT2D eigenvalue weighted by Gasteiger charge is 2.32. The molecule has 0 bridgehead atoms. The van der Waals surface area contributed by atoms with Crippen molar-refractivity contribution in [1.82, 2.24) is 0 Å². The van der Waals surface area contributed by atoms with Crippen molar-refractivity contribution in [3.63, 3.8) is 0 Å². The first kappa shape index (κ1) is 11.0. The maximum Gasteiger partial charge on any atom is -0.0158 e. The Morgan fingerprint density at radius 2 is 2.00 bits per heavy atom. The number of rotatable bonds is 1. The Kier molecular flexibility index (Phi) is 3.04. The van der Waals surface area contributed by atoms with E-state index < -0.39 is 0 Å². The van der Waals surface area contributed by atoms with Crippen molar-refractivity contribution in [3.05, 3.63) is 23.8 Å². The molecule has 2 unspecified atom stereocenters. The van der Waals surface area contributed by atoms with E-state index in [-0.39, 0.29) is 0 Å². The summed E-state index contributed by atoms with van der Waals surface area (Å²) < 4.78 is 0. The SMILES string of the molecule is CC1CC(C2=CCCC=C2)CC(C)(C)C1. The molecule has 0 aromatic carbocycles. The van der Waals surface area contributed by atoms with E-state index >= 15 is 0 Å². The van der Waals surface area contributed by atoms with Crippen molar-refractivity contribution < 1.29 is 0 Å². The number of hydrogen-bond acceptors (Lipinski definition) is 0. The standard InChI is InChI=1S/C15H24/c1-12-9-14(11-15(2,3)10-12)13-7-5-4-6-8-13/h5,7-8,12,14H,4,6,9-11H2,1-3H3. The summed E-state index contributed by atoms with van der Waals surface area (Å²) in [6.45, 7) is 7.28. The van der Waals surface area contributed by atoms with Crippen LogP contribution in [0.15, 0.2) is 23.8 Å². The summed E-state index contributed by atoms with van der Waals surface area (Å²) in [6.07, 6.45) is 13.9. The van der Waals surface area contributed by atoms with Crippen LogP contribution < -0.4 is 0 Å². The molecule has 2 atom stereocenters. The van der Waals surface area contributed by atoms with Crippen molar-refractivity contribution >= 4 is 0 Å². The highest BCUT2D eigenvalue weighted by molar-refractivity contribution is 5.25. The van der Waals surface area contributed by atoms with E-state index in [2.05, 4.69) is 39.0 Å². The fourth-order valence-electron chi connectivity index (χ4n) is 3.54. The Hall–Kier alpha value is -0.520. The predicted octanol–water partition coefficient (Wildman–Crippen LogP) is 4.73. The smallest absolute Gasteiger partial charge is 0.0158 e. The molecule has 0 nitrogen and oxygen atoms in total. The van der Waals surface area contributed by atoms with Gasteiger partial charge in [0, 0.05) is 0 Å². The van der Waals surface area contributed by atoms with Crippen LogP contribution in [0.2, 0.25) is 0 Å². The van der Waals surface area contributed by atoms with Gasteiger partial charge in [-0.2, -0.15) is 0 Å². The van der Waals surface area contributed by atoms with Gasteiger partial charge >= 0.3 is 0 Å². The van der Waals surface area contributed by atoms with Gasteiger partial charge in [0.05, 0.1) is 0 Å². The van der Waals surface area contributed by atoms with E-state index in [0.717, 1.165) is 11.8 Å². The molecule has 0 aliphatic heterocycles. The van der Waals surface area contributed by atoms with Gasteiger partial charge in [0.25, 0.3) is 0 Å². The Morgan fingerprint density at radius 1 is 1.20 bits per heavy atom. The lowest BCUT2D eigenvalue weighted by Gasteiger charge is -2.40. The highest BCUT2D eigenvalue weighted by Crippen LogP contribution is 2.44. The Labute approximate surface area is 94.5 Å². The summed E-state index contributed by atoms with van der Waals surface area (Å²) in [5, 5.41) is 0. The van der Waals surface area contributed by atoms with Crippen molar-refractivity contribution in [3.8, 4) is 0 Å². The first-order chi connectivity index (χ1) is 7.07. The first-order valence-electron chi connectivity index (χ1n) is 6.43. The zero-order valence-corrected chi connectivity index (χ0v) is 10.4. The second kappa shape index (κ2) is 4.15. The minimum atomic E-state index is 0.550. The third-order valence-corrected chi connectivity index (χ3v) is 3.88. The molecule has 1 saturated carbocycles. The van der Waals surface area contributed by atoms with Gasteiger partial charge in [-0.25, -0.2) is 0 Å². The van der Waals surface area contributed by atoms with Crippen LogP contribution in [0.4, 0.5) is 0 Å². The van der Waals surface area contributed by atoms with Gasteiger partial charge < -0.3 is 0 Å². The van der Waals surface area contributed by atoms with Crippen LogP contribution in [-0.2, 0) is 0 Å². The van der Waals surface area contributed by atoms with Gasteiger partial charge in [0.15, 0.2) is 0 Å². The Morgan fingerprint density at radius 3 is 2.60 bits per heavy atom. The summed E-state index contributed by atoms with van der Waals surface area (Å²) in [7, 11) is 0. The van der Waals surface area contributed by atoms with E-state index in [0.29, 0.717) is 5.41 Å². The Balaban J connectivity index is 2.09. The molecule has 1 fully saturated rings. The molecule has 0 saturated heterocycles. The molecule has 0 amide bonds. The average molecular weight is 204 g/mol. The Bertz CT molecular complexity index is 280. The second-order valence-electron chi connectivity index (χ2n) is 6.29. The lowest BCUT2D eigenvalue weighted by molar-refractivity contribution is 0.152. The largest absolute Gasteiger partial charge is 0.0840 e. The summed E-state index contributed by atoms with van der Waals surface area (Å²) in [4.78, 5) is 0. The zero-order chi connectivity index (χ0) is 10.9. The van der Waals surface area contributed by atoms with E-state index in [1.165, 1.54) is 32.1 Å². The topological polar surface area (TPSA) is 0 Å². The minimum Gasteiger partial charge on any atom is -0.0840 e. The monoisotopic (exact) mass is 204 g/mol. The van der Waals surface area contributed by atoms with Gasteiger partial charge in [-0.05, 0) is 54.9 Å². The molecule has 0 N–H and O–H groups in total. The predicted molar refractivity (Wildman–Crippen MR) is 66.7 cm³/mol.